The summed E-state index contributed by atoms with van der Waals surface area (Å²) in [5.74, 6) is -0.385. The van der Waals surface area contributed by atoms with Gasteiger partial charge in [-0.1, -0.05) is 6.07 Å². The second-order valence-corrected chi connectivity index (χ2v) is 7.45. The third-order valence-electron chi connectivity index (χ3n) is 5.27. The first-order valence-electron chi connectivity index (χ1n) is 10.1. The Balaban J connectivity index is 1.52. The first-order valence-corrected chi connectivity index (χ1v) is 10.1. The van der Waals surface area contributed by atoms with E-state index in [1.807, 2.05) is 41.1 Å². The molecular weight excluding hydrogens is 421 g/mol. The largest absolute Gasteiger partial charge is 0.477 e. The van der Waals surface area contributed by atoms with E-state index >= 15 is 0 Å². The molecule has 0 spiro atoms. The Morgan fingerprint density at radius 2 is 1.64 bits per heavy atom. The van der Waals surface area contributed by atoms with Gasteiger partial charge in [0.05, 0.1) is 16.9 Å². The number of pyridine rings is 1. The molecule has 0 aliphatic rings. The zero-order valence-corrected chi connectivity index (χ0v) is 17.3. The van der Waals surface area contributed by atoms with Crippen LogP contribution in [0.25, 0.3) is 27.8 Å². The summed E-state index contributed by atoms with van der Waals surface area (Å²) in [5.41, 5.74) is 9.40. The summed E-state index contributed by atoms with van der Waals surface area (Å²) in [6.45, 7) is 0. The van der Waals surface area contributed by atoms with Gasteiger partial charge in [-0.15, -0.1) is 0 Å². The molecule has 0 radical (unpaired) electrons. The Bertz CT molecular complexity index is 1480. The lowest BCUT2D eigenvalue weighted by atomic mass is 10.1. The van der Waals surface area contributed by atoms with Crippen LogP contribution in [0.15, 0.2) is 91.1 Å². The van der Waals surface area contributed by atoms with E-state index in [1.165, 1.54) is 18.2 Å². The molecule has 5 rings (SSSR count). The van der Waals surface area contributed by atoms with Crippen LogP contribution in [0.2, 0.25) is 0 Å². The Morgan fingerprint density at radius 3 is 2.33 bits per heavy atom. The van der Waals surface area contributed by atoms with Crippen LogP contribution >= 0.6 is 0 Å². The van der Waals surface area contributed by atoms with Crippen molar-refractivity contribution >= 4 is 22.6 Å². The van der Waals surface area contributed by atoms with Gasteiger partial charge >= 0.3 is 5.97 Å². The number of hydrogen-bond donors (Lipinski definition) is 2. The number of aromatic carboxylic acids is 1. The van der Waals surface area contributed by atoms with E-state index < -0.39 is 5.97 Å². The number of ether oxygens (including phenoxy) is 1. The van der Waals surface area contributed by atoms with E-state index in [1.54, 1.807) is 36.4 Å². The predicted octanol–water partition coefficient (Wildman–Crippen LogP) is 5.90. The van der Waals surface area contributed by atoms with Crippen LogP contribution in [0.3, 0.4) is 0 Å². The summed E-state index contributed by atoms with van der Waals surface area (Å²) >= 11 is 0. The fraction of sp³-hybridized carbons (Fsp3) is 0. The number of benzene rings is 3. The van der Waals surface area contributed by atoms with Gasteiger partial charge in [-0.2, -0.15) is 0 Å². The van der Waals surface area contributed by atoms with Gasteiger partial charge in [0.15, 0.2) is 5.69 Å². The zero-order valence-electron chi connectivity index (χ0n) is 17.3. The van der Waals surface area contributed by atoms with E-state index in [4.69, 9.17) is 10.5 Å². The number of anilines is 1. The van der Waals surface area contributed by atoms with Crippen molar-refractivity contribution in [1.29, 1.82) is 0 Å². The molecule has 0 bridgehead atoms. The smallest absolute Gasteiger partial charge is 0.354 e. The SMILES string of the molecule is Nc1cccc2c1ccn2-c1cc(C(=O)O)nc(-c2ccc(Oc3ccc(F)cc3)cc2)c1. The number of fused-ring (bicyclic) bond motifs is 1. The van der Waals surface area contributed by atoms with Gasteiger partial charge in [0.2, 0.25) is 0 Å². The second-order valence-electron chi connectivity index (χ2n) is 7.45. The standard InChI is InChI=1S/C26H18FN3O3/c27-17-6-10-20(11-7-17)33-19-8-4-16(5-9-19)23-14-18(15-24(29-23)26(31)32)30-13-12-21-22(28)2-1-3-25(21)30/h1-15H,28H2,(H,31,32). The number of carbonyl (C=O) groups is 1. The minimum absolute atomic E-state index is 0.0695. The summed E-state index contributed by atoms with van der Waals surface area (Å²) in [6, 6.07) is 23.7. The molecule has 162 valence electrons. The topological polar surface area (TPSA) is 90.4 Å². The van der Waals surface area contributed by atoms with Gasteiger partial charge in [-0.3, -0.25) is 0 Å². The van der Waals surface area contributed by atoms with Crippen LogP contribution in [-0.2, 0) is 0 Å². The third kappa shape index (κ3) is 3.99. The van der Waals surface area contributed by atoms with Gasteiger partial charge in [-0.05, 0) is 78.9 Å². The van der Waals surface area contributed by atoms with Crippen molar-refractivity contribution in [3.05, 3.63) is 103 Å². The molecule has 33 heavy (non-hydrogen) atoms. The lowest BCUT2D eigenvalue weighted by Crippen LogP contribution is -2.04. The highest BCUT2D eigenvalue weighted by atomic mass is 19.1. The maximum Gasteiger partial charge on any atom is 0.354 e. The maximum atomic E-state index is 13.1. The number of carboxylic acids is 1. The molecular formula is C26H18FN3O3. The number of nitrogens with two attached hydrogens (primary N) is 1. The molecule has 2 heterocycles. The fourth-order valence-corrected chi connectivity index (χ4v) is 3.66. The highest BCUT2D eigenvalue weighted by molar-refractivity contribution is 5.93. The van der Waals surface area contributed by atoms with Crippen molar-refractivity contribution < 1.29 is 19.0 Å². The first kappa shape index (κ1) is 20.3. The van der Waals surface area contributed by atoms with E-state index in [9.17, 15) is 14.3 Å². The summed E-state index contributed by atoms with van der Waals surface area (Å²) in [7, 11) is 0. The lowest BCUT2D eigenvalue weighted by molar-refractivity contribution is 0.0690. The molecule has 0 atom stereocenters. The monoisotopic (exact) mass is 439 g/mol. The minimum atomic E-state index is -1.12. The molecule has 3 aromatic carbocycles. The van der Waals surface area contributed by atoms with Crippen LogP contribution in [0, 0.1) is 5.82 Å². The lowest BCUT2D eigenvalue weighted by Gasteiger charge is -2.11. The number of halogens is 1. The van der Waals surface area contributed by atoms with Crippen LogP contribution in [0.5, 0.6) is 11.5 Å². The van der Waals surface area contributed by atoms with Gasteiger partial charge in [0.1, 0.15) is 17.3 Å². The van der Waals surface area contributed by atoms with Crippen LogP contribution in [-0.4, -0.2) is 20.6 Å². The molecule has 6 nitrogen and oxygen atoms in total. The van der Waals surface area contributed by atoms with Gasteiger partial charge in [0.25, 0.3) is 0 Å². The molecule has 0 saturated carbocycles. The van der Waals surface area contributed by atoms with Crippen molar-refractivity contribution in [3.8, 4) is 28.4 Å². The third-order valence-corrected chi connectivity index (χ3v) is 5.27. The molecule has 3 N–H and O–H groups in total. The molecule has 0 amide bonds. The Labute approximate surface area is 188 Å². The van der Waals surface area contributed by atoms with E-state index in [2.05, 4.69) is 4.98 Å². The number of carboxylic acid groups (broad SMARTS) is 1. The first-order chi connectivity index (χ1) is 16.0. The molecule has 5 aromatic rings. The van der Waals surface area contributed by atoms with Gasteiger partial charge in [-0.25, -0.2) is 14.2 Å². The van der Waals surface area contributed by atoms with Gasteiger partial charge < -0.3 is 20.1 Å². The molecule has 0 aliphatic heterocycles. The van der Waals surface area contributed by atoms with Crippen molar-refractivity contribution in [2.24, 2.45) is 0 Å². The minimum Gasteiger partial charge on any atom is -0.477 e. The van der Waals surface area contributed by atoms with E-state index in [-0.39, 0.29) is 11.5 Å². The van der Waals surface area contributed by atoms with Crippen LogP contribution in [0.1, 0.15) is 10.5 Å². The quantitative estimate of drug-likeness (QED) is 0.333. The number of nitrogens with zero attached hydrogens (tertiary/aromatic N) is 2. The summed E-state index contributed by atoms with van der Waals surface area (Å²) in [6.07, 6.45) is 1.85. The fourth-order valence-electron chi connectivity index (χ4n) is 3.66. The van der Waals surface area contributed by atoms with Crippen molar-refractivity contribution in [1.82, 2.24) is 9.55 Å². The molecule has 2 aromatic heterocycles. The second kappa shape index (κ2) is 8.12. The Hall–Kier alpha value is -4.65. The Morgan fingerprint density at radius 1 is 0.939 bits per heavy atom. The summed E-state index contributed by atoms with van der Waals surface area (Å²) < 4.78 is 20.7. The number of nitrogen functional groups attached to an aromatic ring is 1. The normalized spacial score (nSPS) is 10.9. The van der Waals surface area contributed by atoms with E-state index in [0.717, 1.165) is 16.5 Å². The summed E-state index contributed by atoms with van der Waals surface area (Å²) in [4.78, 5) is 16.1. The number of hydrogen-bond acceptors (Lipinski definition) is 4. The average Bonchev–Trinajstić information content (AvgIpc) is 3.26. The molecule has 0 unspecified atom stereocenters. The van der Waals surface area contributed by atoms with Crippen molar-refractivity contribution in [2.45, 2.75) is 0 Å². The highest BCUT2D eigenvalue weighted by Crippen LogP contribution is 2.29. The zero-order chi connectivity index (χ0) is 22.9. The number of rotatable bonds is 5. The Kier molecular flexibility index (Phi) is 4.99. The predicted molar refractivity (Wildman–Crippen MR) is 124 cm³/mol. The molecule has 0 saturated heterocycles. The molecule has 7 heteroatoms. The molecule has 0 aliphatic carbocycles. The maximum absolute atomic E-state index is 13.1. The highest BCUT2D eigenvalue weighted by Gasteiger charge is 2.14. The number of aromatic nitrogens is 2. The summed E-state index contributed by atoms with van der Waals surface area (Å²) in [5, 5.41) is 10.5. The van der Waals surface area contributed by atoms with Crippen molar-refractivity contribution in [3.63, 3.8) is 0 Å². The van der Waals surface area contributed by atoms with Crippen molar-refractivity contribution in [2.75, 3.05) is 5.73 Å². The van der Waals surface area contributed by atoms with Crippen LogP contribution < -0.4 is 10.5 Å². The van der Waals surface area contributed by atoms with Crippen LogP contribution in [0.4, 0.5) is 10.1 Å². The van der Waals surface area contributed by atoms with Gasteiger partial charge in [0, 0.05) is 22.8 Å². The van der Waals surface area contributed by atoms with E-state index in [0.29, 0.717) is 28.6 Å². The average molecular weight is 439 g/mol. The molecule has 0 fully saturated rings.